The average molecular weight is 525 g/mol. The number of hydrogen-bond acceptors (Lipinski definition) is 6. The van der Waals surface area contributed by atoms with Crippen molar-refractivity contribution in [3.05, 3.63) is 87.9 Å². The molecule has 176 valence electrons. The van der Waals surface area contributed by atoms with E-state index in [9.17, 15) is 9.59 Å². The number of carbonyl (C=O) groups excluding carboxylic acids is 2. The standard InChI is InChI=1S/C26H25BrN2O5/c1-3-15-33-20-12-10-19(11-13-20)26(31)34-23-14-9-18(16-24(23)32-4-2)17-28-29-25(30)21-7-5-6-8-22(21)27/h5-14,16-17H,3-4,15H2,1-2H3,(H,29,30). The number of amides is 1. The van der Waals surface area contributed by atoms with Crippen LogP contribution in [-0.2, 0) is 0 Å². The predicted molar refractivity (Wildman–Crippen MR) is 134 cm³/mol. The van der Waals surface area contributed by atoms with Crippen LogP contribution < -0.4 is 19.6 Å². The minimum atomic E-state index is -0.509. The smallest absolute Gasteiger partial charge is 0.343 e. The molecule has 0 atom stereocenters. The molecule has 0 saturated carbocycles. The van der Waals surface area contributed by atoms with Gasteiger partial charge in [-0.1, -0.05) is 19.1 Å². The van der Waals surface area contributed by atoms with Crippen LogP contribution >= 0.6 is 15.9 Å². The number of nitrogens with one attached hydrogen (secondary N) is 1. The first kappa shape index (κ1) is 25.0. The van der Waals surface area contributed by atoms with E-state index in [2.05, 4.69) is 26.5 Å². The van der Waals surface area contributed by atoms with E-state index in [0.29, 0.717) is 45.9 Å². The minimum Gasteiger partial charge on any atom is -0.494 e. The molecule has 34 heavy (non-hydrogen) atoms. The van der Waals surface area contributed by atoms with E-state index in [0.717, 1.165) is 6.42 Å². The Hall–Kier alpha value is -3.65. The average Bonchev–Trinajstić information content (AvgIpc) is 2.85. The molecular weight excluding hydrogens is 500 g/mol. The first-order chi connectivity index (χ1) is 16.5. The van der Waals surface area contributed by atoms with Crippen molar-refractivity contribution >= 4 is 34.0 Å². The van der Waals surface area contributed by atoms with Crippen molar-refractivity contribution < 1.29 is 23.8 Å². The van der Waals surface area contributed by atoms with Gasteiger partial charge in [0.2, 0.25) is 0 Å². The van der Waals surface area contributed by atoms with Gasteiger partial charge in [-0.2, -0.15) is 5.10 Å². The monoisotopic (exact) mass is 524 g/mol. The summed E-state index contributed by atoms with van der Waals surface area (Å²) in [6.07, 6.45) is 2.39. The van der Waals surface area contributed by atoms with Crippen LogP contribution in [0.1, 0.15) is 46.5 Å². The van der Waals surface area contributed by atoms with Crippen molar-refractivity contribution in [2.75, 3.05) is 13.2 Å². The van der Waals surface area contributed by atoms with E-state index in [1.165, 1.54) is 6.21 Å². The van der Waals surface area contributed by atoms with E-state index in [1.807, 2.05) is 19.9 Å². The third kappa shape index (κ3) is 6.92. The summed E-state index contributed by atoms with van der Waals surface area (Å²) in [5, 5.41) is 4.01. The van der Waals surface area contributed by atoms with Crippen molar-refractivity contribution in [3.8, 4) is 17.2 Å². The van der Waals surface area contributed by atoms with Crippen LogP contribution in [0.4, 0.5) is 0 Å². The van der Waals surface area contributed by atoms with Gasteiger partial charge in [-0.05, 0) is 89.4 Å². The molecule has 1 amide bonds. The Morgan fingerprint density at radius 3 is 2.44 bits per heavy atom. The zero-order valence-corrected chi connectivity index (χ0v) is 20.5. The molecule has 7 nitrogen and oxygen atoms in total. The van der Waals surface area contributed by atoms with Gasteiger partial charge < -0.3 is 14.2 Å². The zero-order chi connectivity index (χ0) is 24.3. The summed E-state index contributed by atoms with van der Waals surface area (Å²) in [7, 11) is 0. The second kappa shape index (κ2) is 12.6. The molecule has 0 heterocycles. The largest absolute Gasteiger partial charge is 0.494 e. The number of nitrogens with zero attached hydrogens (tertiary/aromatic N) is 1. The van der Waals surface area contributed by atoms with E-state index in [-0.39, 0.29) is 11.7 Å². The van der Waals surface area contributed by atoms with E-state index in [4.69, 9.17) is 14.2 Å². The van der Waals surface area contributed by atoms with Gasteiger partial charge >= 0.3 is 5.97 Å². The van der Waals surface area contributed by atoms with Crippen molar-refractivity contribution in [2.24, 2.45) is 5.10 Å². The molecule has 0 aliphatic heterocycles. The SMILES string of the molecule is CCCOc1ccc(C(=O)Oc2ccc(C=NNC(=O)c3ccccc3Br)cc2OCC)cc1. The summed E-state index contributed by atoms with van der Waals surface area (Å²) >= 11 is 3.34. The van der Waals surface area contributed by atoms with Gasteiger partial charge in [0.1, 0.15) is 5.75 Å². The maximum Gasteiger partial charge on any atom is 0.343 e. The van der Waals surface area contributed by atoms with Crippen LogP contribution in [0.5, 0.6) is 17.2 Å². The molecule has 0 radical (unpaired) electrons. The molecular formula is C26H25BrN2O5. The Morgan fingerprint density at radius 2 is 1.74 bits per heavy atom. The molecule has 3 aromatic carbocycles. The van der Waals surface area contributed by atoms with Gasteiger partial charge in [-0.25, -0.2) is 10.2 Å². The van der Waals surface area contributed by atoms with E-state index in [1.54, 1.807) is 60.7 Å². The fourth-order valence-electron chi connectivity index (χ4n) is 2.89. The molecule has 0 spiro atoms. The highest BCUT2D eigenvalue weighted by atomic mass is 79.9. The molecule has 0 saturated heterocycles. The molecule has 8 heteroatoms. The van der Waals surface area contributed by atoms with Crippen LogP contribution in [0.15, 0.2) is 76.3 Å². The predicted octanol–water partition coefficient (Wildman–Crippen LogP) is 5.62. The third-order valence-corrected chi connectivity index (χ3v) is 5.22. The summed E-state index contributed by atoms with van der Waals surface area (Å²) in [6.45, 7) is 4.86. The maximum absolute atomic E-state index is 12.6. The van der Waals surface area contributed by atoms with Gasteiger partial charge in [0, 0.05) is 4.47 Å². The number of halogens is 1. The Labute approximate surface area is 206 Å². The number of rotatable bonds is 10. The molecule has 3 aromatic rings. The molecule has 0 unspecified atom stereocenters. The van der Waals surface area contributed by atoms with Gasteiger partial charge in [0.25, 0.3) is 5.91 Å². The van der Waals surface area contributed by atoms with E-state index >= 15 is 0 Å². The summed E-state index contributed by atoms with van der Waals surface area (Å²) in [5.41, 5.74) is 4.02. The Balaban J connectivity index is 1.67. The lowest BCUT2D eigenvalue weighted by atomic mass is 10.2. The third-order valence-electron chi connectivity index (χ3n) is 4.53. The van der Waals surface area contributed by atoms with Gasteiger partial charge in [-0.3, -0.25) is 4.79 Å². The maximum atomic E-state index is 12.6. The zero-order valence-electron chi connectivity index (χ0n) is 18.9. The van der Waals surface area contributed by atoms with E-state index < -0.39 is 5.97 Å². The van der Waals surface area contributed by atoms with Gasteiger partial charge in [0.05, 0.1) is 30.6 Å². The topological polar surface area (TPSA) is 86.2 Å². The summed E-state index contributed by atoms with van der Waals surface area (Å²) in [4.78, 5) is 24.9. The fraction of sp³-hybridized carbons (Fsp3) is 0.192. The molecule has 1 N–H and O–H groups in total. The molecule has 0 fully saturated rings. The molecule has 0 aliphatic rings. The number of esters is 1. The van der Waals surface area contributed by atoms with Gasteiger partial charge in [0.15, 0.2) is 11.5 Å². The molecule has 0 bridgehead atoms. The lowest BCUT2D eigenvalue weighted by molar-refractivity contribution is 0.0728. The minimum absolute atomic E-state index is 0.285. The lowest BCUT2D eigenvalue weighted by Crippen LogP contribution is -2.18. The summed E-state index contributed by atoms with van der Waals surface area (Å²) in [5.74, 6) is 0.520. The molecule has 3 rings (SSSR count). The second-order valence-corrected chi connectivity index (χ2v) is 7.93. The summed E-state index contributed by atoms with van der Waals surface area (Å²) in [6, 6.07) is 18.9. The number of hydrogen-bond donors (Lipinski definition) is 1. The lowest BCUT2D eigenvalue weighted by Gasteiger charge is -2.12. The molecule has 0 aromatic heterocycles. The van der Waals surface area contributed by atoms with Crippen molar-refractivity contribution in [3.63, 3.8) is 0 Å². The number of ether oxygens (including phenoxy) is 3. The molecule has 0 aliphatic carbocycles. The quantitative estimate of drug-likeness (QED) is 0.161. The Bertz CT molecular complexity index is 1160. The first-order valence-corrected chi connectivity index (χ1v) is 11.6. The van der Waals surface area contributed by atoms with Crippen molar-refractivity contribution in [2.45, 2.75) is 20.3 Å². The van der Waals surface area contributed by atoms with Crippen LogP contribution in [0.3, 0.4) is 0 Å². The highest BCUT2D eigenvalue weighted by Crippen LogP contribution is 2.29. The number of carbonyl (C=O) groups is 2. The summed E-state index contributed by atoms with van der Waals surface area (Å²) < 4.78 is 17.4. The number of hydrazone groups is 1. The highest BCUT2D eigenvalue weighted by molar-refractivity contribution is 9.10. The van der Waals surface area contributed by atoms with Crippen molar-refractivity contribution in [1.29, 1.82) is 0 Å². The fourth-order valence-corrected chi connectivity index (χ4v) is 3.36. The normalized spacial score (nSPS) is 10.7. The number of benzene rings is 3. The van der Waals surface area contributed by atoms with Crippen LogP contribution in [0.2, 0.25) is 0 Å². The Morgan fingerprint density at radius 1 is 0.971 bits per heavy atom. The Kier molecular flexibility index (Phi) is 9.22. The van der Waals surface area contributed by atoms with Crippen LogP contribution in [-0.4, -0.2) is 31.3 Å². The second-order valence-electron chi connectivity index (χ2n) is 7.08. The highest BCUT2D eigenvalue weighted by Gasteiger charge is 2.14. The van der Waals surface area contributed by atoms with Crippen LogP contribution in [0.25, 0.3) is 0 Å². The van der Waals surface area contributed by atoms with Gasteiger partial charge in [-0.15, -0.1) is 0 Å². The van der Waals surface area contributed by atoms with Crippen LogP contribution in [0, 0.1) is 0 Å². The van der Waals surface area contributed by atoms with Crippen molar-refractivity contribution in [1.82, 2.24) is 5.43 Å². The first-order valence-electron chi connectivity index (χ1n) is 10.8.